The van der Waals surface area contributed by atoms with E-state index in [4.69, 9.17) is 11.6 Å². The maximum Gasteiger partial charge on any atom is 0.0896 e. The lowest BCUT2D eigenvalue weighted by molar-refractivity contribution is 0.565. The van der Waals surface area contributed by atoms with Gasteiger partial charge in [-0.15, -0.1) is 0 Å². The molecule has 0 fully saturated rings. The molecule has 0 spiro atoms. The topological polar surface area (TPSA) is 60.0 Å². The molecule has 3 rings (SSSR count). The van der Waals surface area contributed by atoms with Gasteiger partial charge in [0.05, 0.1) is 40.9 Å². The van der Waals surface area contributed by atoms with Gasteiger partial charge in [0.2, 0.25) is 0 Å². The van der Waals surface area contributed by atoms with E-state index in [-0.39, 0.29) is 6.04 Å². The van der Waals surface area contributed by atoms with Crippen LogP contribution in [0.4, 0.5) is 0 Å². The number of halogens is 1. The fourth-order valence-electron chi connectivity index (χ4n) is 2.43. The van der Waals surface area contributed by atoms with Crippen LogP contribution in [0.15, 0.2) is 31.0 Å². The van der Waals surface area contributed by atoms with Gasteiger partial charge in [-0.1, -0.05) is 11.6 Å². The van der Waals surface area contributed by atoms with Crippen molar-refractivity contribution in [1.82, 2.24) is 29.7 Å². The van der Waals surface area contributed by atoms with Gasteiger partial charge in [0.25, 0.3) is 0 Å². The minimum atomic E-state index is -0.0772. The van der Waals surface area contributed by atoms with Crippen LogP contribution in [0.3, 0.4) is 0 Å². The molecule has 0 bridgehead atoms. The molecule has 0 saturated heterocycles. The second-order valence-electron chi connectivity index (χ2n) is 4.42. The molecule has 20 heavy (non-hydrogen) atoms. The molecule has 7 heteroatoms. The van der Waals surface area contributed by atoms with E-state index < -0.39 is 0 Å². The molecule has 104 valence electrons. The number of hydrogen-bond donors (Lipinski definition) is 1. The number of nitrogens with zero attached hydrogens (tertiary/aromatic N) is 5. The average Bonchev–Trinajstić information content (AvgIpc) is 3.06. The molecule has 0 aliphatic carbocycles. The van der Waals surface area contributed by atoms with Crippen molar-refractivity contribution in [3.8, 4) is 0 Å². The first-order chi connectivity index (χ1) is 9.76. The van der Waals surface area contributed by atoms with Crippen molar-refractivity contribution in [2.24, 2.45) is 0 Å². The first kappa shape index (κ1) is 13.1. The zero-order valence-corrected chi connectivity index (χ0v) is 12.0. The van der Waals surface area contributed by atoms with E-state index in [1.54, 1.807) is 23.1 Å². The Labute approximate surface area is 121 Å². The van der Waals surface area contributed by atoms with Crippen LogP contribution in [0.5, 0.6) is 0 Å². The quantitative estimate of drug-likeness (QED) is 0.797. The summed E-state index contributed by atoms with van der Waals surface area (Å²) in [7, 11) is 1.90. The summed E-state index contributed by atoms with van der Waals surface area (Å²) in [6, 6.07) is -0.0772. The summed E-state index contributed by atoms with van der Waals surface area (Å²) in [5.41, 5.74) is 2.92. The number of aryl methyl sites for hydroxylation is 1. The van der Waals surface area contributed by atoms with E-state index in [1.807, 2.05) is 31.0 Å². The van der Waals surface area contributed by atoms with Crippen LogP contribution in [-0.2, 0) is 6.54 Å². The van der Waals surface area contributed by atoms with Crippen LogP contribution in [0, 0.1) is 0 Å². The fraction of sp³-hybridized carbons (Fsp3) is 0.308. The van der Waals surface area contributed by atoms with Gasteiger partial charge >= 0.3 is 0 Å². The van der Waals surface area contributed by atoms with Crippen molar-refractivity contribution in [3.05, 3.63) is 47.3 Å². The lowest BCUT2D eigenvalue weighted by Crippen LogP contribution is -2.21. The Balaban J connectivity index is 2.16. The van der Waals surface area contributed by atoms with Gasteiger partial charge in [0, 0.05) is 24.5 Å². The zero-order valence-electron chi connectivity index (χ0n) is 11.3. The molecule has 0 saturated carbocycles. The molecule has 0 aliphatic heterocycles. The Hall–Kier alpha value is -1.92. The predicted molar refractivity (Wildman–Crippen MR) is 76.8 cm³/mol. The number of aromatic nitrogens is 5. The molecule has 6 nitrogen and oxygen atoms in total. The van der Waals surface area contributed by atoms with Crippen LogP contribution in [0.2, 0.25) is 5.02 Å². The number of nitrogens with one attached hydrogen (secondary N) is 1. The molecule has 0 radical (unpaired) electrons. The Morgan fingerprint density at radius 2 is 2.15 bits per heavy atom. The van der Waals surface area contributed by atoms with Gasteiger partial charge in [0.15, 0.2) is 0 Å². The number of fused-ring (bicyclic) bond motifs is 1. The third kappa shape index (κ3) is 1.97. The summed E-state index contributed by atoms with van der Waals surface area (Å²) in [5.74, 6) is 0. The average molecular weight is 291 g/mol. The van der Waals surface area contributed by atoms with Gasteiger partial charge in [-0.2, -0.15) is 10.2 Å². The molecule has 0 aliphatic rings. The highest BCUT2D eigenvalue weighted by Gasteiger charge is 2.23. The maximum atomic E-state index is 6.30. The molecule has 0 amide bonds. The van der Waals surface area contributed by atoms with E-state index >= 15 is 0 Å². The summed E-state index contributed by atoms with van der Waals surface area (Å²) < 4.78 is 3.69. The normalized spacial score (nSPS) is 12.9. The van der Waals surface area contributed by atoms with Crippen molar-refractivity contribution in [2.75, 3.05) is 7.05 Å². The molecule has 3 heterocycles. The van der Waals surface area contributed by atoms with E-state index in [1.165, 1.54) is 0 Å². The smallest absolute Gasteiger partial charge is 0.0896 e. The lowest BCUT2D eigenvalue weighted by Gasteiger charge is -2.17. The molecule has 1 unspecified atom stereocenters. The van der Waals surface area contributed by atoms with Gasteiger partial charge < -0.3 is 5.32 Å². The highest BCUT2D eigenvalue weighted by atomic mass is 35.5. The van der Waals surface area contributed by atoms with Gasteiger partial charge in [-0.3, -0.25) is 9.67 Å². The molecular formula is C13H15ClN6. The zero-order chi connectivity index (χ0) is 14.1. The number of rotatable bonds is 4. The Morgan fingerprint density at radius 3 is 2.90 bits per heavy atom. The van der Waals surface area contributed by atoms with E-state index in [9.17, 15) is 0 Å². The van der Waals surface area contributed by atoms with Crippen molar-refractivity contribution >= 4 is 17.1 Å². The van der Waals surface area contributed by atoms with Crippen molar-refractivity contribution in [1.29, 1.82) is 0 Å². The second-order valence-corrected chi connectivity index (χ2v) is 4.83. The predicted octanol–water partition coefficient (Wildman–Crippen LogP) is 1.91. The first-order valence-corrected chi connectivity index (χ1v) is 6.79. The summed E-state index contributed by atoms with van der Waals surface area (Å²) >= 11 is 6.30. The molecule has 3 aromatic heterocycles. The molecule has 3 aromatic rings. The standard InChI is InChI=1S/C13H15ClN6/c1-3-19-13(10(14)7-18-19)12(15-2)9-6-17-20-5-4-16-8-11(9)20/h4-8,12,15H,3H2,1-2H3. The minimum Gasteiger partial charge on any atom is -0.308 e. The third-order valence-electron chi connectivity index (χ3n) is 3.36. The summed E-state index contributed by atoms with van der Waals surface area (Å²) in [5, 5.41) is 12.6. The SMILES string of the molecule is CCn1ncc(Cl)c1C(NC)c1cnn2ccncc12. The molecular weight excluding hydrogens is 276 g/mol. The Morgan fingerprint density at radius 1 is 1.30 bits per heavy atom. The first-order valence-electron chi connectivity index (χ1n) is 6.42. The van der Waals surface area contributed by atoms with E-state index in [0.717, 1.165) is 23.3 Å². The summed E-state index contributed by atoms with van der Waals surface area (Å²) in [6.07, 6.45) is 8.84. The Bertz CT molecular complexity index is 731. The van der Waals surface area contributed by atoms with Crippen molar-refractivity contribution in [2.45, 2.75) is 19.5 Å². The fourth-order valence-corrected chi connectivity index (χ4v) is 2.68. The molecule has 1 N–H and O–H groups in total. The van der Waals surface area contributed by atoms with E-state index in [2.05, 4.69) is 20.5 Å². The highest BCUT2D eigenvalue weighted by molar-refractivity contribution is 6.31. The third-order valence-corrected chi connectivity index (χ3v) is 3.65. The van der Waals surface area contributed by atoms with Crippen molar-refractivity contribution < 1.29 is 0 Å². The minimum absolute atomic E-state index is 0.0772. The monoisotopic (exact) mass is 290 g/mol. The van der Waals surface area contributed by atoms with Crippen molar-refractivity contribution in [3.63, 3.8) is 0 Å². The highest BCUT2D eigenvalue weighted by Crippen LogP contribution is 2.30. The van der Waals surface area contributed by atoms with Crippen LogP contribution in [0.25, 0.3) is 5.52 Å². The molecule has 0 aromatic carbocycles. The number of hydrogen-bond acceptors (Lipinski definition) is 4. The van der Waals surface area contributed by atoms with Crippen LogP contribution >= 0.6 is 11.6 Å². The van der Waals surface area contributed by atoms with Gasteiger partial charge in [-0.05, 0) is 14.0 Å². The van der Waals surface area contributed by atoms with Crippen LogP contribution < -0.4 is 5.32 Å². The molecule has 1 atom stereocenters. The van der Waals surface area contributed by atoms with Gasteiger partial charge in [-0.25, -0.2) is 4.52 Å². The maximum absolute atomic E-state index is 6.30. The van der Waals surface area contributed by atoms with Gasteiger partial charge in [0.1, 0.15) is 0 Å². The summed E-state index contributed by atoms with van der Waals surface area (Å²) in [4.78, 5) is 4.16. The Kier molecular flexibility index (Phi) is 3.42. The van der Waals surface area contributed by atoms with E-state index in [0.29, 0.717) is 5.02 Å². The summed E-state index contributed by atoms with van der Waals surface area (Å²) in [6.45, 7) is 2.80. The van der Waals surface area contributed by atoms with Crippen LogP contribution in [0.1, 0.15) is 24.2 Å². The van der Waals surface area contributed by atoms with Crippen LogP contribution in [-0.4, -0.2) is 31.4 Å². The second kappa shape index (κ2) is 5.22. The largest absolute Gasteiger partial charge is 0.308 e. The lowest BCUT2D eigenvalue weighted by atomic mass is 10.1.